The molecule has 0 saturated carbocycles. The molecule has 5 heteroatoms. The first-order chi connectivity index (χ1) is 14.3. The smallest absolute Gasteiger partial charge is 0.254 e. The summed E-state index contributed by atoms with van der Waals surface area (Å²) in [7, 11) is 0. The van der Waals surface area contributed by atoms with Crippen molar-refractivity contribution in [1.29, 1.82) is 0 Å². The Hall–Kier alpha value is -1.59. The van der Waals surface area contributed by atoms with E-state index in [0.29, 0.717) is 6.04 Å². The Bertz CT molecular complexity index is 716. The fourth-order valence-corrected chi connectivity index (χ4v) is 6.03. The third-order valence-electron chi connectivity index (χ3n) is 7.76. The SMILES string of the molecule is O=C1c2cccc(N3CCC(CC4CCNCC4)CC3)c2CN1C1CCCNC1. The number of hydrogen-bond acceptors (Lipinski definition) is 4. The lowest BCUT2D eigenvalue weighted by Gasteiger charge is -2.37. The first kappa shape index (κ1) is 19.4. The summed E-state index contributed by atoms with van der Waals surface area (Å²) in [5.74, 6) is 2.07. The Morgan fingerprint density at radius 2 is 1.72 bits per heavy atom. The van der Waals surface area contributed by atoms with E-state index in [4.69, 9.17) is 0 Å². The third kappa shape index (κ3) is 4.04. The summed E-state index contributed by atoms with van der Waals surface area (Å²) in [5, 5.41) is 6.96. The van der Waals surface area contributed by atoms with Gasteiger partial charge < -0.3 is 20.4 Å². The molecule has 2 N–H and O–H groups in total. The van der Waals surface area contributed by atoms with Crippen LogP contribution in [0.15, 0.2) is 18.2 Å². The number of carbonyl (C=O) groups excluding carboxylic acids is 1. The molecule has 0 bridgehead atoms. The zero-order valence-electron chi connectivity index (χ0n) is 17.7. The molecule has 3 saturated heterocycles. The maximum atomic E-state index is 13.1. The van der Waals surface area contributed by atoms with Crippen LogP contribution in [0.2, 0.25) is 0 Å². The number of piperidine rings is 3. The Kier molecular flexibility index (Phi) is 5.78. The summed E-state index contributed by atoms with van der Waals surface area (Å²) in [5.41, 5.74) is 3.55. The van der Waals surface area contributed by atoms with Crippen LogP contribution in [0.5, 0.6) is 0 Å². The van der Waals surface area contributed by atoms with Gasteiger partial charge in [-0.1, -0.05) is 6.07 Å². The normalized spacial score (nSPS) is 26.8. The molecule has 0 aromatic heterocycles. The van der Waals surface area contributed by atoms with Gasteiger partial charge in [0.15, 0.2) is 0 Å². The highest BCUT2D eigenvalue weighted by Crippen LogP contribution is 2.36. The van der Waals surface area contributed by atoms with Gasteiger partial charge in [-0.25, -0.2) is 0 Å². The van der Waals surface area contributed by atoms with Crippen LogP contribution >= 0.6 is 0 Å². The molecule has 4 aliphatic heterocycles. The van der Waals surface area contributed by atoms with Gasteiger partial charge in [0.2, 0.25) is 0 Å². The highest BCUT2D eigenvalue weighted by atomic mass is 16.2. The van der Waals surface area contributed by atoms with Crippen molar-refractivity contribution in [3.05, 3.63) is 29.3 Å². The average Bonchev–Trinajstić information content (AvgIpc) is 3.12. The largest absolute Gasteiger partial charge is 0.371 e. The van der Waals surface area contributed by atoms with E-state index in [0.717, 1.165) is 56.5 Å². The Morgan fingerprint density at radius 1 is 0.931 bits per heavy atom. The van der Waals surface area contributed by atoms with Crippen LogP contribution in [0.1, 0.15) is 60.9 Å². The first-order valence-electron chi connectivity index (χ1n) is 11.9. The number of nitrogens with one attached hydrogen (secondary N) is 2. The van der Waals surface area contributed by atoms with Crippen LogP contribution < -0.4 is 15.5 Å². The van der Waals surface area contributed by atoms with E-state index in [1.807, 2.05) is 6.07 Å². The molecule has 1 atom stereocenters. The minimum absolute atomic E-state index is 0.247. The Morgan fingerprint density at radius 3 is 2.48 bits per heavy atom. The summed E-state index contributed by atoms with van der Waals surface area (Å²) in [6.07, 6.45) is 9.05. The van der Waals surface area contributed by atoms with E-state index in [9.17, 15) is 4.79 Å². The molecule has 0 spiro atoms. The molecule has 1 aromatic rings. The van der Waals surface area contributed by atoms with Gasteiger partial charge in [0.05, 0.1) is 0 Å². The van der Waals surface area contributed by atoms with Crippen LogP contribution in [0.3, 0.4) is 0 Å². The van der Waals surface area contributed by atoms with E-state index < -0.39 is 0 Å². The second-order valence-electron chi connectivity index (χ2n) is 9.60. The molecule has 29 heavy (non-hydrogen) atoms. The monoisotopic (exact) mass is 396 g/mol. The van der Waals surface area contributed by atoms with Crippen molar-refractivity contribution >= 4 is 11.6 Å². The number of rotatable bonds is 4. The number of nitrogens with zero attached hydrogens (tertiary/aromatic N) is 2. The van der Waals surface area contributed by atoms with Crippen molar-refractivity contribution in [3.8, 4) is 0 Å². The lowest BCUT2D eigenvalue weighted by molar-refractivity contribution is 0.0675. The quantitative estimate of drug-likeness (QED) is 0.821. The summed E-state index contributed by atoms with van der Waals surface area (Å²) < 4.78 is 0. The van der Waals surface area contributed by atoms with Gasteiger partial charge in [-0.3, -0.25) is 4.79 Å². The van der Waals surface area contributed by atoms with Crippen molar-refractivity contribution < 1.29 is 4.79 Å². The molecule has 1 amide bonds. The molecule has 0 radical (unpaired) electrons. The molecule has 4 aliphatic rings. The maximum absolute atomic E-state index is 13.1. The zero-order chi connectivity index (χ0) is 19.6. The van der Waals surface area contributed by atoms with Gasteiger partial charge in [-0.05, 0) is 88.5 Å². The van der Waals surface area contributed by atoms with Gasteiger partial charge >= 0.3 is 0 Å². The third-order valence-corrected chi connectivity index (χ3v) is 7.76. The number of anilines is 1. The molecule has 0 aliphatic carbocycles. The lowest BCUT2D eigenvalue weighted by Crippen LogP contribution is -2.46. The standard InChI is InChI=1S/C24H36N4O/c29-24-21-4-1-5-23(22(21)17-28(24)20-3-2-10-26-16-20)27-13-8-19(9-14-27)15-18-6-11-25-12-7-18/h1,4-5,18-20,25-26H,2-3,6-17H2. The topological polar surface area (TPSA) is 47.6 Å². The van der Waals surface area contributed by atoms with Gasteiger partial charge in [-0.2, -0.15) is 0 Å². The minimum atomic E-state index is 0.247. The predicted molar refractivity (Wildman–Crippen MR) is 117 cm³/mol. The van der Waals surface area contributed by atoms with Gasteiger partial charge in [0.1, 0.15) is 0 Å². The predicted octanol–water partition coefficient (Wildman–Crippen LogP) is 3.00. The van der Waals surface area contributed by atoms with Crippen LogP contribution in [-0.2, 0) is 6.54 Å². The number of fused-ring (bicyclic) bond motifs is 1. The fourth-order valence-electron chi connectivity index (χ4n) is 6.03. The highest BCUT2D eigenvalue weighted by Gasteiger charge is 2.36. The number of hydrogen-bond donors (Lipinski definition) is 2. The Balaban J connectivity index is 1.24. The molecule has 5 nitrogen and oxygen atoms in total. The van der Waals surface area contributed by atoms with E-state index in [2.05, 4.69) is 32.6 Å². The maximum Gasteiger partial charge on any atom is 0.254 e. The van der Waals surface area contributed by atoms with Crippen molar-refractivity contribution in [1.82, 2.24) is 15.5 Å². The average molecular weight is 397 g/mol. The number of benzene rings is 1. The van der Waals surface area contributed by atoms with E-state index in [1.165, 1.54) is 62.9 Å². The molecular formula is C24H36N4O. The summed E-state index contributed by atoms with van der Waals surface area (Å²) in [6, 6.07) is 6.74. The molecular weight excluding hydrogens is 360 g/mol. The molecule has 158 valence electrons. The number of amides is 1. The van der Waals surface area contributed by atoms with Crippen LogP contribution in [0.4, 0.5) is 5.69 Å². The van der Waals surface area contributed by atoms with Crippen molar-refractivity contribution in [3.63, 3.8) is 0 Å². The second-order valence-corrected chi connectivity index (χ2v) is 9.60. The first-order valence-corrected chi connectivity index (χ1v) is 11.9. The van der Waals surface area contributed by atoms with Crippen LogP contribution in [0, 0.1) is 11.8 Å². The van der Waals surface area contributed by atoms with E-state index >= 15 is 0 Å². The second kappa shape index (κ2) is 8.65. The number of carbonyl (C=O) groups is 1. The molecule has 5 rings (SSSR count). The fraction of sp³-hybridized carbons (Fsp3) is 0.708. The summed E-state index contributed by atoms with van der Waals surface area (Å²) in [4.78, 5) is 17.8. The summed E-state index contributed by atoms with van der Waals surface area (Å²) in [6.45, 7) is 7.53. The Labute approximate surface area is 175 Å². The van der Waals surface area contributed by atoms with E-state index in [-0.39, 0.29) is 5.91 Å². The molecule has 1 unspecified atom stereocenters. The van der Waals surface area contributed by atoms with Gasteiger partial charge in [0.25, 0.3) is 5.91 Å². The van der Waals surface area contributed by atoms with Crippen LogP contribution in [0.25, 0.3) is 0 Å². The van der Waals surface area contributed by atoms with Gasteiger partial charge in [0, 0.05) is 49.0 Å². The molecule has 4 heterocycles. The zero-order valence-corrected chi connectivity index (χ0v) is 17.7. The minimum Gasteiger partial charge on any atom is -0.371 e. The van der Waals surface area contributed by atoms with Crippen molar-refractivity contribution in [2.24, 2.45) is 11.8 Å². The lowest BCUT2D eigenvalue weighted by atomic mass is 9.83. The van der Waals surface area contributed by atoms with Crippen molar-refractivity contribution in [2.75, 3.05) is 44.2 Å². The van der Waals surface area contributed by atoms with Gasteiger partial charge in [-0.15, -0.1) is 0 Å². The van der Waals surface area contributed by atoms with Crippen molar-refractivity contribution in [2.45, 2.75) is 57.5 Å². The molecule has 1 aromatic carbocycles. The summed E-state index contributed by atoms with van der Waals surface area (Å²) >= 11 is 0. The highest BCUT2D eigenvalue weighted by molar-refractivity contribution is 6.00. The molecule has 3 fully saturated rings. The van der Waals surface area contributed by atoms with E-state index in [1.54, 1.807) is 0 Å². The van der Waals surface area contributed by atoms with Crippen LogP contribution in [-0.4, -0.2) is 56.1 Å².